The summed E-state index contributed by atoms with van der Waals surface area (Å²) < 4.78 is 0. The number of amides is 1. The van der Waals surface area contributed by atoms with Crippen LogP contribution in [0.25, 0.3) is 0 Å². The Morgan fingerprint density at radius 2 is 2.15 bits per heavy atom. The van der Waals surface area contributed by atoms with Gasteiger partial charge >= 0.3 is 0 Å². The quantitative estimate of drug-likeness (QED) is 0.438. The van der Waals surface area contributed by atoms with E-state index in [0.717, 1.165) is 6.42 Å². The highest BCUT2D eigenvalue weighted by Gasteiger charge is 2.13. The first-order valence-corrected chi connectivity index (χ1v) is 6.82. The molecule has 0 unspecified atom stereocenters. The van der Waals surface area contributed by atoms with Gasteiger partial charge in [-0.15, -0.1) is 0 Å². The molecule has 0 bridgehead atoms. The van der Waals surface area contributed by atoms with Gasteiger partial charge in [-0.25, -0.2) is 0 Å². The number of hydrogen-bond donors (Lipinski definition) is 2. The first-order chi connectivity index (χ1) is 9.54. The van der Waals surface area contributed by atoms with Gasteiger partial charge in [0.15, 0.2) is 0 Å². The van der Waals surface area contributed by atoms with E-state index in [1.54, 1.807) is 6.07 Å². The van der Waals surface area contributed by atoms with Gasteiger partial charge in [0.25, 0.3) is 5.69 Å². The van der Waals surface area contributed by atoms with Gasteiger partial charge in [0, 0.05) is 42.7 Å². The van der Waals surface area contributed by atoms with Crippen LogP contribution in [0.4, 0.5) is 5.69 Å². The minimum absolute atomic E-state index is 0.0253. The number of carbonyl (C=O) groups excluding carboxylic acids is 1. The lowest BCUT2D eigenvalue weighted by molar-refractivity contribution is -0.385. The maximum Gasteiger partial charge on any atom is 0.273 e. The lowest BCUT2D eigenvalue weighted by Crippen LogP contribution is -2.28. The van der Waals surface area contributed by atoms with E-state index in [2.05, 4.69) is 10.6 Å². The fraction of sp³-hybridized carbons (Fsp3) is 0.462. The molecule has 0 spiro atoms. The smallest absolute Gasteiger partial charge is 0.273 e. The fourth-order valence-electron chi connectivity index (χ4n) is 1.65. The second-order valence-corrected chi connectivity index (χ2v) is 4.74. The molecule has 0 aliphatic heterocycles. The van der Waals surface area contributed by atoms with E-state index in [1.807, 2.05) is 6.92 Å². The van der Waals surface area contributed by atoms with Crippen molar-refractivity contribution in [1.29, 1.82) is 0 Å². The number of benzene rings is 1. The van der Waals surface area contributed by atoms with Gasteiger partial charge in [-0.1, -0.05) is 18.5 Å². The third-order valence-electron chi connectivity index (χ3n) is 2.65. The van der Waals surface area contributed by atoms with Crippen molar-refractivity contribution in [3.8, 4) is 0 Å². The highest BCUT2D eigenvalue weighted by Crippen LogP contribution is 2.22. The molecule has 110 valence electrons. The highest BCUT2D eigenvalue weighted by molar-refractivity contribution is 6.30. The average Bonchev–Trinajstić information content (AvgIpc) is 2.41. The minimum Gasteiger partial charge on any atom is -0.356 e. The first-order valence-electron chi connectivity index (χ1n) is 6.44. The number of carbonyl (C=O) groups is 1. The van der Waals surface area contributed by atoms with Crippen molar-refractivity contribution in [3.05, 3.63) is 38.9 Å². The van der Waals surface area contributed by atoms with Crippen LogP contribution in [-0.2, 0) is 11.3 Å². The Balaban J connectivity index is 2.44. The topological polar surface area (TPSA) is 84.3 Å². The van der Waals surface area contributed by atoms with Gasteiger partial charge in [0.2, 0.25) is 5.91 Å². The third-order valence-corrected chi connectivity index (χ3v) is 2.89. The number of rotatable bonds is 8. The number of halogens is 1. The molecule has 6 nitrogen and oxygen atoms in total. The molecule has 1 rings (SSSR count). The van der Waals surface area contributed by atoms with E-state index in [4.69, 9.17) is 11.6 Å². The predicted molar refractivity (Wildman–Crippen MR) is 77.7 cm³/mol. The van der Waals surface area contributed by atoms with Gasteiger partial charge in [0.05, 0.1) is 4.92 Å². The van der Waals surface area contributed by atoms with Crippen LogP contribution in [0, 0.1) is 10.1 Å². The highest BCUT2D eigenvalue weighted by atomic mass is 35.5. The van der Waals surface area contributed by atoms with E-state index in [9.17, 15) is 14.9 Å². The van der Waals surface area contributed by atoms with Crippen LogP contribution >= 0.6 is 11.6 Å². The number of hydrogen-bond acceptors (Lipinski definition) is 4. The summed E-state index contributed by atoms with van der Waals surface area (Å²) in [7, 11) is 0. The van der Waals surface area contributed by atoms with E-state index in [1.165, 1.54) is 12.1 Å². The van der Waals surface area contributed by atoms with Gasteiger partial charge in [-0.3, -0.25) is 14.9 Å². The van der Waals surface area contributed by atoms with Crippen molar-refractivity contribution in [2.75, 3.05) is 13.1 Å². The maximum atomic E-state index is 11.4. The zero-order valence-corrected chi connectivity index (χ0v) is 12.1. The fourth-order valence-corrected chi connectivity index (χ4v) is 1.85. The Morgan fingerprint density at radius 3 is 2.80 bits per heavy atom. The Bertz CT molecular complexity index is 480. The average molecular weight is 300 g/mol. The lowest BCUT2D eigenvalue weighted by atomic mass is 10.2. The normalized spacial score (nSPS) is 10.3. The Hall–Kier alpha value is -1.66. The van der Waals surface area contributed by atoms with Crippen molar-refractivity contribution in [3.63, 3.8) is 0 Å². The van der Waals surface area contributed by atoms with Crippen LogP contribution in [0.5, 0.6) is 0 Å². The first kappa shape index (κ1) is 16.4. The summed E-state index contributed by atoms with van der Waals surface area (Å²) in [4.78, 5) is 21.8. The summed E-state index contributed by atoms with van der Waals surface area (Å²) in [5, 5.41) is 17.1. The molecule has 20 heavy (non-hydrogen) atoms. The van der Waals surface area contributed by atoms with Crippen LogP contribution in [0.2, 0.25) is 5.02 Å². The second-order valence-electron chi connectivity index (χ2n) is 4.31. The molecule has 0 radical (unpaired) electrons. The molecular weight excluding hydrogens is 282 g/mol. The molecular formula is C13H18ClN3O3. The van der Waals surface area contributed by atoms with Gasteiger partial charge in [-0.05, 0) is 18.6 Å². The van der Waals surface area contributed by atoms with Crippen molar-refractivity contribution in [2.45, 2.75) is 26.3 Å². The third kappa shape index (κ3) is 5.54. The zero-order chi connectivity index (χ0) is 15.0. The van der Waals surface area contributed by atoms with E-state index in [-0.39, 0.29) is 11.6 Å². The number of nitrogens with one attached hydrogen (secondary N) is 2. The second kappa shape index (κ2) is 8.50. The lowest BCUT2D eigenvalue weighted by Gasteiger charge is -2.07. The Labute approximate surface area is 122 Å². The molecule has 0 aliphatic carbocycles. The van der Waals surface area contributed by atoms with E-state index < -0.39 is 4.92 Å². The molecule has 0 aromatic heterocycles. The van der Waals surface area contributed by atoms with Crippen LogP contribution in [-0.4, -0.2) is 23.9 Å². The maximum absolute atomic E-state index is 11.4. The molecule has 7 heteroatoms. The van der Waals surface area contributed by atoms with Crippen LogP contribution < -0.4 is 10.6 Å². The molecule has 0 aliphatic rings. The summed E-state index contributed by atoms with van der Waals surface area (Å²) >= 11 is 5.83. The molecule has 0 saturated carbocycles. The van der Waals surface area contributed by atoms with Crippen molar-refractivity contribution in [1.82, 2.24) is 10.6 Å². The molecule has 0 fully saturated rings. The molecule has 0 heterocycles. The Morgan fingerprint density at radius 1 is 1.40 bits per heavy atom. The molecule has 0 saturated heterocycles. The molecule has 1 aromatic carbocycles. The van der Waals surface area contributed by atoms with Crippen LogP contribution in [0.3, 0.4) is 0 Å². The predicted octanol–water partition coefficient (Wildman–Crippen LogP) is 2.25. The van der Waals surface area contributed by atoms with Crippen molar-refractivity contribution < 1.29 is 9.72 Å². The molecule has 2 N–H and O–H groups in total. The Kier molecular flexibility index (Phi) is 6.97. The standard InChI is InChI=1S/C13H18ClN3O3/c1-2-6-16-13(18)5-7-15-9-10-8-11(14)3-4-12(10)17(19)20/h3-4,8,15H,2,5-7,9H2,1H3,(H,16,18). The molecule has 0 atom stereocenters. The SMILES string of the molecule is CCCNC(=O)CCNCc1cc(Cl)ccc1[N+](=O)[O-]. The van der Waals surface area contributed by atoms with Gasteiger partial charge < -0.3 is 10.6 Å². The largest absolute Gasteiger partial charge is 0.356 e. The van der Waals surface area contributed by atoms with Gasteiger partial charge in [-0.2, -0.15) is 0 Å². The summed E-state index contributed by atoms with van der Waals surface area (Å²) in [5.41, 5.74) is 0.536. The van der Waals surface area contributed by atoms with E-state index in [0.29, 0.717) is 36.6 Å². The summed E-state index contributed by atoms with van der Waals surface area (Å²) in [5.74, 6) is -0.0278. The molecule has 1 amide bonds. The monoisotopic (exact) mass is 299 g/mol. The zero-order valence-electron chi connectivity index (χ0n) is 11.3. The van der Waals surface area contributed by atoms with Crippen LogP contribution in [0.15, 0.2) is 18.2 Å². The minimum atomic E-state index is -0.443. The van der Waals surface area contributed by atoms with Crippen LogP contribution in [0.1, 0.15) is 25.3 Å². The molecule has 1 aromatic rings. The summed E-state index contributed by atoms with van der Waals surface area (Å²) in [6.07, 6.45) is 1.24. The van der Waals surface area contributed by atoms with E-state index >= 15 is 0 Å². The number of nitro benzene ring substituents is 1. The van der Waals surface area contributed by atoms with Gasteiger partial charge in [0.1, 0.15) is 0 Å². The summed E-state index contributed by atoms with van der Waals surface area (Å²) in [6.45, 7) is 3.41. The number of nitro groups is 1. The van der Waals surface area contributed by atoms with Crippen molar-refractivity contribution in [2.24, 2.45) is 0 Å². The van der Waals surface area contributed by atoms with Crippen molar-refractivity contribution >= 4 is 23.2 Å². The number of nitrogens with zero attached hydrogens (tertiary/aromatic N) is 1. The summed E-state index contributed by atoms with van der Waals surface area (Å²) in [6, 6.07) is 4.43.